The third-order valence-corrected chi connectivity index (χ3v) is 16.9. The third-order valence-electron chi connectivity index (χ3n) is 16.9. The first kappa shape index (κ1) is 53.2. The normalized spacial score (nSPS) is 11.8. The van der Waals surface area contributed by atoms with Crippen molar-refractivity contribution in [3.63, 3.8) is 0 Å². The number of hydrogen-bond acceptors (Lipinski definition) is 2. The van der Waals surface area contributed by atoms with Crippen molar-refractivity contribution in [1.82, 2.24) is 9.13 Å². The van der Waals surface area contributed by atoms with Gasteiger partial charge in [-0.2, -0.15) is 23.7 Å². The highest BCUT2D eigenvalue weighted by molar-refractivity contribution is 6.14. The van der Waals surface area contributed by atoms with Gasteiger partial charge in [-0.3, -0.25) is 0 Å². The number of fused-ring (bicyclic) bond motifs is 6. The van der Waals surface area contributed by atoms with Crippen LogP contribution in [-0.4, -0.2) is 9.13 Å². The van der Waals surface area contributed by atoms with E-state index >= 15 is 0 Å². The Morgan fingerprint density at radius 3 is 0.915 bits per heavy atom. The second-order valence-corrected chi connectivity index (χ2v) is 23.1. The highest BCUT2D eigenvalue weighted by atomic mass is 19.4. The topological polar surface area (TPSA) is 57.4 Å². The van der Waals surface area contributed by atoms with Crippen LogP contribution in [0.1, 0.15) is 83.5 Å². The van der Waals surface area contributed by atoms with Gasteiger partial charge in [-0.1, -0.05) is 101 Å². The predicted octanol–water partition coefficient (Wildman–Crippen LogP) is 20.7. The number of alkyl halides is 3. The Morgan fingerprint density at radius 2 is 0.622 bits per heavy atom. The number of nitrogens with zero attached hydrogens (tertiary/aromatic N) is 4. The van der Waals surface area contributed by atoms with Gasteiger partial charge in [0.2, 0.25) is 0 Å². The molecule has 82 heavy (non-hydrogen) atoms. The van der Waals surface area contributed by atoms with Crippen molar-refractivity contribution < 1.29 is 13.2 Å². The van der Waals surface area contributed by atoms with Gasteiger partial charge in [0.1, 0.15) is 6.07 Å². The molecule has 2 heterocycles. The molecule has 0 aliphatic carbocycles. The maximum Gasteiger partial charge on any atom is 0.416 e. The average molecular weight is 1080 g/mol. The summed E-state index contributed by atoms with van der Waals surface area (Å²) in [5.74, 6) is 0. The van der Waals surface area contributed by atoms with E-state index in [9.17, 15) is 23.7 Å². The number of hydrogen-bond donors (Lipinski definition) is 0. The number of halogens is 3. The largest absolute Gasteiger partial charge is 0.416 e. The highest BCUT2D eigenvalue weighted by Crippen LogP contribution is 2.46. The molecular formula is C75H61F3N4. The van der Waals surface area contributed by atoms with E-state index < -0.39 is 11.7 Å². The van der Waals surface area contributed by atoms with Crippen LogP contribution in [0.25, 0.3) is 111 Å². The zero-order chi connectivity index (χ0) is 58.0. The molecular weight excluding hydrogens is 1010 g/mol. The summed E-state index contributed by atoms with van der Waals surface area (Å²) in [6.45, 7) is 25.6. The van der Waals surface area contributed by atoms with Crippen LogP contribution in [0, 0.1) is 106 Å². The van der Waals surface area contributed by atoms with E-state index in [0.29, 0.717) is 28.1 Å². The van der Waals surface area contributed by atoms with Crippen LogP contribution in [0.15, 0.2) is 152 Å². The van der Waals surface area contributed by atoms with Crippen LogP contribution < -0.4 is 0 Å². The Hall–Kier alpha value is -9.43. The second-order valence-electron chi connectivity index (χ2n) is 23.1. The molecule has 7 heteroatoms. The molecule has 0 amide bonds. The Kier molecular flexibility index (Phi) is 12.8. The van der Waals surface area contributed by atoms with Crippen molar-refractivity contribution in [3.8, 4) is 79.1 Å². The molecule has 12 rings (SSSR count). The van der Waals surface area contributed by atoms with Crippen LogP contribution in [0.4, 0.5) is 13.2 Å². The van der Waals surface area contributed by atoms with Gasteiger partial charge in [0, 0.05) is 32.7 Å². The lowest BCUT2D eigenvalue weighted by Gasteiger charge is -2.20. The second kappa shape index (κ2) is 19.7. The monoisotopic (exact) mass is 1070 g/mol. The van der Waals surface area contributed by atoms with E-state index in [1.165, 1.54) is 50.6 Å². The molecule has 10 aromatic carbocycles. The van der Waals surface area contributed by atoms with Crippen LogP contribution in [0.3, 0.4) is 0 Å². The minimum atomic E-state index is -4.70. The zero-order valence-electron chi connectivity index (χ0n) is 48.4. The lowest BCUT2D eigenvalue weighted by Crippen LogP contribution is -2.07. The molecule has 0 aliphatic heterocycles. The fourth-order valence-corrected chi connectivity index (χ4v) is 14.0. The summed E-state index contributed by atoms with van der Waals surface area (Å²) in [6.07, 6.45) is -4.70. The smallest absolute Gasteiger partial charge is 0.309 e. The molecule has 0 radical (unpaired) electrons. The summed E-state index contributed by atoms with van der Waals surface area (Å²) in [4.78, 5) is 0. The van der Waals surface area contributed by atoms with Crippen LogP contribution in [0.2, 0.25) is 0 Å². The predicted molar refractivity (Wildman–Crippen MR) is 334 cm³/mol. The molecule has 4 nitrogen and oxygen atoms in total. The molecule has 0 bridgehead atoms. The van der Waals surface area contributed by atoms with Gasteiger partial charge < -0.3 is 9.13 Å². The summed E-state index contributed by atoms with van der Waals surface area (Å²) >= 11 is 0. The van der Waals surface area contributed by atoms with Crippen LogP contribution in [-0.2, 0) is 6.18 Å². The summed E-state index contributed by atoms with van der Waals surface area (Å²) < 4.78 is 48.1. The number of rotatable bonds is 7. The molecule has 0 saturated heterocycles. The number of aryl methyl sites for hydroxylation is 12. The fraction of sp³-hybridized carbons (Fsp3) is 0.173. The molecule has 0 N–H and O–H groups in total. The molecule has 0 unspecified atom stereocenters. The van der Waals surface area contributed by atoms with Gasteiger partial charge in [-0.15, -0.1) is 0 Å². The van der Waals surface area contributed by atoms with Gasteiger partial charge in [0.25, 0.3) is 0 Å². The third kappa shape index (κ3) is 8.75. The Labute approximate surface area is 477 Å². The SMILES string of the molecule is Cc1cc(C)c(-c2ccc3c(c2)c2cc(-c4c(C)cc(C)cc4C)ccc2n3-c2cc(-c3ccc(C(F)(F)F)cc3C#N)c(-n3c4ccc(-c5c(C)cc(C)cc5C)cc4c4cc(-c5c(C)cc(C)cc5C)ccc43)cc2C#N)c(C)c1. The first-order valence-electron chi connectivity index (χ1n) is 27.8. The van der Waals surface area contributed by atoms with Crippen molar-refractivity contribution >= 4 is 43.6 Å². The Morgan fingerprint density at radius 1 is 0.317 bits per heavy atom. The quantitative estimate of drug-likeness (QED) is 0.160. The molecule has 0 fully saturated rings. The van der Waals surface area contributed by atoms with Crippen molar-refractivity contribution in [2.24, 2.45) is 0 Å². The summed E-state index contributed by atoms with van der Waals surface area (Å²) in [5, 5.41) is 26.5. The molecule has 12 aromatic rings. The number of nitriles is 2. The first-order valence-corrected chi connectivity index (χ1v) is 27.8. The molecule has 2 aromatic heterocycles. The van der Waals surface area contributed by atoms with Crippen molar-refractivity contribution in [1.29, 1.82) is 10.5 Å². The van der Waals surface area contributed by atoms with Crippen LogP contribution in [0.5, 0.6) is 0 Å². The number of benzene rings is 10. The van der Waals surface area contributed by atoms with Crippen LogP contribution >= 0.6 is 0 Å². The fourth-order valence-electron chi connectivity index (χ4n) is 14.0. The first-order chi connectivity index (χ1) is 39.1. The van der Waals surface area contributed by atoms with Crippen molar-refractivity contribution in [2.75, 3.05) is 0 Å². The maximum absolute atomic E-state index is 14.6. The van der Waals surface area contributed by atoms with Gasteiger partial charge in [-0.25, -0.2) is 0 Å². The van der Waals surface area contributed by atoms with Gasteiger partial charge in [-0.05, 0) is 245 Å². The summed E-state index contributed by atoms with van der Waals surface area (Å²) in [6, 6.07) is 55.6. The summed E-state index contributed by atoms with van der Waals surface area (Å²) in [5.41, 5.74) is 27.4. The highest BCUT2D eigenvalue weighted by Gasteiger charge is 2.32. The Balaban J connectivity index is 1.20. The van der Waals surface area contributed by atoms with E-state index in [0.717, 1.165) is 123 Å². The summed E-state index contributed by atoms with van der Waals surface area (Å²) in [7, 11) is 0. The zero-order valence-corrected chi connectivity index (χ0v) is 48.4. The van der Waals surface area contributed by atoms with E-state index in [-0.39, 0.29) is 5.56 Å². The number of aromatic nitrogens is 2. The minimum absolute atomic E-state index is 0.142. The molecule has 402 valence electrons. The van der Waals surface area contributed by atoms with Gasteiger partial charge in [0.05, 0.1) is 56.2 Å². The molecule has 0 saturated carbocycles. The van der Waals surface area contributed by atoms with E-state index in [1.807, 2.05) is 12.1 Å². The molecule has 0 spiro atoms. The van der Waals surface area contributed by atoms with E-state index in [1.54, 1.807) is 0 Å². The van der Waals surface area contributed by atoms with E-state index in [2.05, 4.69) is 226 Å². The standard InChI is InChI=1S/C75H61F3N4/c1-40-23-44(5)71(45(6)24-40)52-13-19-65-60(32-52)61-33-53(72-46(7)25-41(2)26-47(72)8)14-20-66(61)81(65)69-37-64(59-18-17-58(75(76,77)78)31-56(59)38-79)70(36-57(69)39-80)82-67-21-15-54(73-48(9)27-42(3)28-49(73)10)34-62(67)63-35-55(16-22-68(63)82)74-50(11)29-43(4)30-51(74)12/h13-37H,1-12H3. The lowest BCUT2D eigenvalue weighted by atomic mass is 9.91. The van der Waals surface area contributed by atoms with Gasteiger partial charge >= 0.3 is 6.18 Å². The lowest BCUT2D eigenvalue weighted by molar-refractivity contribution is -0.137. The van der Waals surface area contributed by atoms with Crippen molar-refractivity contribution in [3.05, 3.63) is 235 Å². The molecule has 0 aliphatic rings. The minimum Gasteiger partial charge on any atom is -0.309 e. The maximum atomic E-state index is 14.6. The van der Waals surface area contributed by atoms with E-state index in [4.69, 9.17) is 0 Å². The molecule has 0 atom stereocenters. The Bertz CT molecular complexity index is 4510. The average Bonchev–Trinajstić information content (AvgIpc) is 3.93. The van der Waals surface area contributed by atoms with Gasteiger partial charge in [0.15, 0.2) is 0 Å². The van der Waals surface area contributed by atoms with Crippen molar-refractivity contribution in [2.45, 2.75) is 89.3 Å².